The smallest absolute Gasteiger partial charge is 0.246 e. The van der Waals surface area contributed by atoms with Gasteiger partial charge in [0.1, 0.15) is 6.61 Å². The van der Waals surface area contributed by atoms with Crippen LogP contribution in [0.25, 0.3) is 0 Å². The number of ether oxygens (including phenoxy) is 1. The van der Waals surface area contributed by atoms with E-state index >= 15 is 0 Å². The predicted molar refractivity (Wildman–Crippen MR) is 64.0 cm³/mol. The molecular formula is C13H19NO2. The average Bonchev–Trinajstić information content (AvgIpc) is 2.27. The van der Waals surface area contributed by atoms with Gasteiger partial charge in [-0.05, 0) is 11.5 Å². The SMILES string of the molecule is COCC(=O)N[C@H](c1ccccc1)C(C)C. The molecule has 0 aromatic heterocycles. The Morgan fingerprint density at radius 1 is 1.31 bits per heavy atom. The summed E-state index contributed by atoms with van der Waals surface area (Å²) < 4.78 is 4.81. The zero-order chi connectivity index (χ0) is 12.0. The molecule has 88 valence electrons. The zero-order valence-corrected chi connectivity index (χ0v) is 10.1. The van der Waals surface area contributed by atoms with Crippen LogP contribution in [0, 0.1) is 5.92 Å². The van der Waals surface area contributed by atoms with E-state index in [9.17, 15) is 4.79 Å². The molecule has 0 heterocycles. The van der Waals surface area contributed by atoms with E-state index in [-0.39, 0.29) is 18.6 Å². The van der Waals surface area contributed by atoms with Crippen molar-refractivity contribution >= 4 is 5.91 Å². The van der Waals surface area contributed by atoms with Gasteiger partial charge in [0.15, 0.2) is 0 Å². The lowest BCUT2D eigenvalue weighted by molar-refractivity contribution is -0.125. The van der Waals surface area contributed by atoms with Crippen LogP contribution in [0.5, 0.6) is 0 Å². The van der Waals surface area contributed by atoms with Crippen molar-refractivity contribution in [2.75, 3.05) is 13.7 Å². The van der Waals surface area contributed by atoms with Gasteiger partial charge in [-0.25, -0.2) is 0 Å². The van der Waals surface area contributed by atoms with Crippen molar-refractivity contribution in [2.24, 2.45) is 5.92 Å². The molecule has 0 saturated heterocycles. The maximum absolute atomic E-state index is 11.5. The van der Waals surface area contributed by atoms with Gasteiger partial charge in [-0.2, -0.15) is 0 Å². The predicted octanol–water partition coefficient (Wildman–Crippen LogP) is 2.15. The van der Waals surface area contributed by atoms with Crippen molar-refractivity contribution in [1.29, 1.82) is 0 Å². The largest absolute Gasteiger partial charge is 0.375 e. The molecule has 0 unspecified atom stereocenters. The third-order valence-electron chi connectivity index (χ3n) is 2.42. The number of hydrogen-bond donors (Lipinski definition) is 1. The van der Waals surface area contributed by atoms with E-state index < -0.39 is 0 Å². The van der Waals surface area contributed by atoms with Crippen LogP contribution in [0.3, 0.4) is 0 Å². The number of benzene rings is 1. The summed E-state index contributed by atoms with van der Waals surface area (Å²) in [5, 5.41) is 2.97. The highest BCUT2D eigenvalue weighted by atomic mass is 16.5. The van der Waals surface area contributed by atoms with Crippen LogP contribution in [0.15, 0.2) is 30.3 Å². The highest BCUT2D eigenvalue weighted by Gasteiger charge is 2.17. The monoisotopic (exact) mass is 221 g/mol. The quantitative estimate of drug-likeness (QED) is 0.827. The molecule has 0 bridgehead atoms. The van der Waals surface area contributed by atoms with E-state index in [1.54, 1.807) is 0 Å². The van der Waals surface area contributed by atoms with Crippen molar-refractivity contribution < 1.29 is 9.53 Å². The molecular weight excluding hydrogens is 202 g/mol. The van der Waals surface area contributed by atoms with Crippen LogP contribution in [0.2, 0.25) is 0 Å². The fourth-order valence-corrected chi connectivity index (χ4v) is 1.64. The number of nitrogens with one attached hydrogen (secondary N) is 1. The normalized spacial score (nSPS) is 12.5. The van der Waals surface area contributed by atoms with E-state index in [1.165, 1.54) is 7.11 Å². The zero-order valence-electron chi connectivity index (χ0n) is 10.1. The molecule has 0 saturated carbocycles. The van der Waals surface area contributed by atoms with Crippen LogP contribution in [0.1, 0.15) is 25.5 Å². The Kier molecular flexibility index (Phi) is 4.99. The van der Waals surface area contributed by atoms with E-state index in [0.717, 1.165) is 5.56 Å². The summed E-state index contributed by atoms with van der Waals surface area (Å²) in [6.07, 6.45) is 0. The van der Waals surface area contributed by atoms with Crippen LogP contribution in [0.4, 0.5) is 0 Å². The van der Waals surface area contributed by atoms with Crippen LogP contribution < -0.4 is 5.32 Å². The van der Waals surface area contributed by atoms with Gasteiger partial charge in [0, 0.05) is 7.11 Å². The topological polar surface area (TPSA) is 38.3 Å². The Labute approximate surface area is 96.8 Å². The van der Waals surface area contributed by atoms with Crippen molar-refractivity contribution in [3.05, 3.63) is 35.9 Å². The molecule has 1 N–H and O–H groups in total. The van der Waals surface area contributed by atoms with Gasteiger partial charge in [0.2, 0.25) is 5.91 Å². The Hall–Kier alpha value is -1.35. The number of carbonyl (C=O) groups is 1. The maximum Gasteiger partial charge on any atom is 0.246 e. The minimum atomic E-state index is -0.0787. The molecule has 0 fully saturated rings. The molecule has 1 aromatic rings. The van der Waals surface area contributed by atoms with Gasteiger partial charge in [0.25, 0.3) is 0 Å². The lowest BCUT2D eigenvalue weighted by atomic mass is 9.96. The van der Waals surface area contributed by atoms with Crippen molar-refractivity contribution in [3.8, 4) is 0 Å². The van der Waals surface area contributed by atoms with Crippen LogP contribution in [-0.4, -0.2) is 19.6 Å². The fraction of sp³-hybridized carbons (Fsp3) is 0.462. The number of methoxy groups -OCH3 is 1. The molecule has 16 heavy (non-hydrogen) atoms. The second kappa shape index (κ2) is 6.28. The molecule has 0 aliphatic rings. The second-order valence-corrected chi connectivity index (χ2v) is 4.13. The first-order chi connectivity index (χ1) is 7.65. The first kappa shape index (κ1) is 12.7. The minimum absolute atomic E-state index is 0.0452. The van der Waals surface area contributed by atoms with Crippen LogP contribution >= 0.6 is 0 Å². The number of amides is 1. The summed E-state index contributed by atoms with van der Waals surface area (Å²) in [7, 11) is 1.52. The molecule has 1 rings (SSSR count). The van der Waals surface area contributed by atoms with E-state index in [1.807, 2.05) is 30.3 Å². The van der Waals surface area contributed by atoms with E-state index in [0.29, 0.717) is 5.92 Å². The Morgan fingerprint density at radius 2 is 1.94 bits per heavy atom. The first-order valence-electron chi connectivity index (χ1n) is 5.48. The van der Waals surface area contributed by atoms with E-state index in [2.05, 4.69) is 19.2 Å². The number of hydrogen-bond acceptors (Lipinski definition) is 2. The summed E-state index contributed by atoms with van der Waals surface area (Å²) in [6.45, 7) is 4.28. The minimum Gasteiger partial charge on any atom is -0.375 e. The van der Waals surface area contributed by atoms with Gasteiger partial charge < -0.3 is 10.1 Å². The summed E-state index contributed by atoms with van der Waals surface area (Å²) in [6, 6.07) is 10.0. The Bertz CT molecular complexity index is 322. The van der Waals surface area contributed by atoms with Crippen LogP contribution in [-0.2, 0) is 9.53 Å². The Balaban J connectivity index is 2.73. The van der Waals surface area contributed by atoms with Gasteiger partial charge in [-0.15, -0.1) is 0 Å². The van der Waals surface area contributed by atoms with Crippen molar-refractivity contribution in [3.63, 3.8) is 0 Å². The van der Waals surface area contributed by atoms with Crippen molar-refractivity contribution in [2.45, 2.75) is 19.9 Å². The molecule has 1 aromatic carbocycles. The highest BCUT2D eigenvalue weighted by molar-refractivity contribution is 5.77. The highest BCUT2D eigenvalue weighted by Crippen LogP contribution is 2.20. The maximum atomic E-state index is 11.5. The average molecular weight is 221 g/mol. The Morgan fingerprint density at radius 3 is 2.44 bits per heavy atom. The lowest BCUT2D eigenvalue weighted by Crippen LogP contribution is -2.34. The number of carbonyl (C=O) groups excluding carboxylic acids is 1. The third kappa shape index (κ3) is 3.66. The molecule has 0 spiro atoms. The van der Waals surface area contributed by atoms with Gasteiger partial charge in [-0.1, -0.05) is 44.2 Å². The van der Waals surface area contributed by atoms with Gasteiger partial charge >= 0.3 is 0 Å². The third-order valence-corrected chi connectivity index (χ3v) is 2.42. The van der Waals surface area contributed by atoms with Gasteiger partial charge in [0.05, 0.1) is 6.04 Å². The first-order valence-corrected chi connectivity index (χ1v) is 5.48. The molecule has 1 amide bonds. The molecule has 3 heteroatoms. The molecule has 0 radical (unpaired) electrons. The standard InChI is InChI=1S/C13H19NO2/c1-10(2)13(14-12(15)9-16-3)11-7-5-4-6-8-11/h4-8,10,13H,9H2,1-3H3,(H,14,15)/t13-/m0/s1. The van der Waals surface area contributed by atoms with Crippen molar-refractivity contribution in [1.82, 2.24) is 5.32 Å². The van der Waals surface area contributed by atoms with Gasteiger partial charge in [-0.3, -0.25) is 4.79 Å². The molecule has 3 nitrogen and oxygen atoms in total. The lowest BCUT2D eigenvalue weighted by Gasteiger charge is -2.22. The molecule has 0 aliphatic carbocycles. The summed E-state index contributed by atoms with van der Waals surface area (Å²) in [5.41, 5.74) is 1.13. The summed E-state index contributed by atoms with van der Waals surface area (Å²) in [4.78, 5) is 11.5. The summed E-state index contributed by atoms with van der Waals surface area (Å²) in [5.74, 6) is 0.272. The molecule has 1 atom stereocenters. The second-order valence-electron chi connectivity index (χ2n) is 4.13. The fourth-order valence-electron chi connectivity index (χ4n) is 1.64. The summed E-state index contributed by atoms with van der Waals surface area (Å²) >= 11 is 0. The molecule has 0 aliphatic heterocycles. The number of rotatable bonds is 5. The van der Waals surface area contributed by atoms with E-state index in [4.69, 9.17) is 4.74 Å².